The van der Waals surface area contributed by atoms with E-state index in [-0.39, 0.29) is 5.91 Å². The van der Waals surface area contributed by atoms with Gasteiger partial charge < -0.3 is 10.6 Å². The van der Waals surface area contributed by atoms with Crippen LogP contribution in [0.25, 0.3) is 0 Å². The first-order valence-electron chi connectivity index (χ1n) is 6.18. The number of nitrogens with zero attached hydrogens (tertiary/aromatic N) is 1. The van der Waals surface area contributed by atoms with E-state index in [1.807, 2.05) is 13.8 Å². The van der Waals surface area contributed by atoms with Crippen LogP contribution in [0.5, 0.6) is 0 Å². The Morgan fingerprint density at radius 3 is 2.88 bits per heavy atom. The Morgan fingerprint density at radius 1 is 1.53 bits per heavy atom. The molecule has 1 fully saturated rings. The van der Waals surface area contributed by atoms with Crippen molar-refractivity contribution in [2.45, 2.75) is 32.6 Å². The number of piperidine rings is 1. The van der Waals surface area contributed by atoms with E-state index < -0.39 is 0 Å². The van der Waals surface area contributed by atoms with Gasteiger partial charge in [-0.15, -0.1) is 11.3 Å². The lowest BCUT2D eigenvalue weighted by molar-refractivity contribution is 0.0959. The molecule has 0 aromatic carbocycles. The fourth-order valence-electron chi connectivity index (χ4n) is 2.11. The molecule has 2 rings (SSSR count). The standard InChI is InChI=1S/C12H19N3OS/c1-3-14-11(16)10-8(2)15-12(17-10)9-4-6-13-7-5-9/h9,13H,3-7H2,1-2H3,(H,14,16). The molecule has 0 unspecified atom stereocenters. The van der Waals surface area contributed by atoms with Crippen LogP contribution in [0.2, 0.25) is 0 Å². The molecule has 2 N–H and O–H groups in total. The van der Waals surface area contributed by atoms with Gasteiger partial charge in [-0.25, -0.2) is 4.98 Å². The van der Waals surface area contributed by atoms with Gasteiger partial charge in [-0.1, -0.05) is 0 Å². The first-order valence-corrected chi connectivity index (χ1v) is 7.00. The highest BCUT2D eigenvalue weighted by Crippen LogP contribution is 2.30. The number of thiazole rings is 1. The van der Waals surface area contributed by atoms with Crippen LogP contribution in [0.15, 0.2) is 0 Å². The highest BCUT2D eigenvalue weighted by atomic mass is 32.1. The van der Waals surface area contributed by atoms with E-state index in [0.29, 0.717) is 12.5 Å². The first-order chi connectivity index (χ1) is 8.22. The molecule has 0 radical (unpaired) electrons. The average molecular weight is 253 g/mol. The van der Waals surface area contributed by atoms with E-state index >= 15 is 0 Å². The van der Waals surface area contributed by atoms with Gasteiger partial charge in [-0.2, -0.15) is 0 Å². The molecule has 17 heavy (non-hydrogen) atoms. The quantitative estimate of drug-likeness (QED) is 0.861. The van der Waals surface area contributed by atoms with Crippen LogP contribution in [0.1, 0.15) is 46.1 Å². The average Bonchev–Trinajstić information content (AvgIpc) is 2.73. The molecule has 0 saturated carbocycles. The predicted molar refractivity (Wildman–Crippen MR) is 69.7 cm³/mol. The summed E-state index contributed by atoms with van der Waals surface area (Å²) in [5.74, 6) is 0.547. The van der Waals surface area contributed by atoms with E-state index in [4.69, 9.17) is 0 Å². The zero-order valence-electron chi connectivity index (χ0n) is 10.4. The molecule has 1 aliphatic heterocycles. The minimum atomic E-state index is 0.0164. The number of hydrogen-bond donors (Lipinski definition) is 2. The van der Waals surface area contributed by atoms with Crippen LogP contribution in [0.4, 0.5) is 0 Å². The largest absolute Gasteiger partial charge is 0.352 e. The van der Waals surface area contributed by atoms with Gasteiger partial charge in [-0.3, -0.25) is 4.79 Å². The smallest absolute Gasteiger partial charge is 0.263 e. The number of aryl methyl sites for hydroxylation is 1. The zero-order chi connectivity index (χ0) is 12.3. The van der Waals surface area contributed by atoms with Crippen molar-refractivity contribution in [2.24, 2.45) is 0 Å². The molecule has 1 saturated heterocycles. The third-order valence-electron chi connectivity index (χ3n) is 3.05. The molecular weight excluding hydrogens is 234 g/mol. The molecule has 1 aromatic rings. The molecule has 0 bridgehead atoms. The number of rotatable bonds is 3. The minimum Gasteiger partial charge on any atom is -0.352 e. The van der Waals surface area contributed by atoms with Crippen molar-refractivity contribution >= 4 is 17.2 Å². The Bertz CT molecular complexity index is 396. The van der Waals surface area contributed by atoms with E-state index in [9.17, 15) is 4.79 Å². The zero-order valence-corrected chi connectivity index (χ0v) is 11.2. The van der Waals surface area contributed by atoms with Crippen molar-refractivity contribution in [3.8, 4) is 0 Å². The minimum absolute atomic E-state index is 0.0164. The van der Waals surface area contributed by atoms with Gasteiger partial charge in [0.1, 0.15) is 4.88 Å². The number of hydrogen-bond acceptors (Lipinski definition) is 4. The molecule has 94 valence electrons. The number of carbonyl (C=O) groups is 1. The summed E-state index contributed by atoms with van der Waals surface area (Å²) in [6, 6.07) is 0. The number of nitrogens with one attached hydrogen (secondary N) is 2. The summed E-state index contributed by atoms with van der Waals surface area (Å²) in [5.41, 5.74) is 0.870. The molecule has 0 aliphatic carbocycles. The van der Waals surface area contributed by atoms with Crippen LogP contribution in [-0.2, 0) is 0 Å². The molecule has 5 heteroatoms. The summed E-state index contributed by atoms with van der Waals surface area (Å²) in [7, 11) is 0. The summed E-state index contributed by atoms with van der Waals surface area (Å²) in [6.45, 7) is 6.63. The fourth-order valence-corrected chi connectivity index (χ4v) is 3.26. The maximum Gasteiger partial charge on any atom is 0.263 e. The summed E-state index contributed by atoms with van der Waals surface area (Å²) < 4.78 is 0. The highest BCUT2D eigenvalue weighted by Gasteiger charge is 2.22. The first kappa shape index (κ1) is 12.5. The third-order valence-corrected chi connectivity index (χ3v) is 4.36. The number of carbonyl (C=O) groups excluding carboxylic acids is 1. The Hall–Kier alpha value is -0.940. The predicted octanol–water partition coefficient (Wildman–Crippen LogP) is 1.67. The summed E-state index contributed by atoms with van der Waals surface area (Å²) in [6.07, 6.45) is 2.25. The maximum absolute atomic E-state index is 11.8. The van der Waals surface area contributed by atoms with Gasteiger partial charge in [0.2, 0.25) is 0 Å². The fraction of sp³-hybridized carbons (Fsp3) is 0.667. The molecule has 0 atom stereocenters. The molecular formula is C12H19N3OS. The normalized spacial score (nSPS) is 17.1. The van der Waals surface area contributed by atoms with Crippen molar-refractivity contribution in [1.29, 1.82) is 0 Å². The highest BCUT2D eigenvalue weighted by molar-refractivity contribution is 7.13. The monoisotopic (exact) mass is 253 g/mol. The Kier molecular flexibility index (Phi) is 4.12. The maximum atomic E-state index is 11.8. The molecule has 1 amide bonds. The second kappa shape index (κ2) is 5.60. The van der Waals surface area contributed by atoms with Crippen LogP contribution in [0, 0.1) is 6.92 Å². The van der Waals surface area contributed by atoms with Crippen molar-refractivity contribution < 1.29 is 4.79 Å². The van der Waals surface area contributed by atoms with E-state index in [1.54, 1.807) is 11.3 Å². The molecule has 1 aromatic heterocycles. The summed E-state index contributed by atoms with van der Waals surface area (Å²) >= 11 is 1.56. The van der Waals surface area contributed by atoms with Crippen LogP contribution in [-0.4, -0.2) is 30.5 Å². The number of aromatic nitrogens is 1. The van der Waals surface area contributed by atoms with Crippen molar-refractivity contribution in [3.63, 3.8) is 0 Å². The van der Waals surface area contributed by atoms with Crippen molar-refractivity contribution in [2.75, 3.05) is 19.6 Å². The lowest BCUT2D eigenvalue weighted by Crippen LogP contribution is -2.26. The molecule has 4 nitrogen and oxygen atoms in total. The second-order valence-electron chi connectivity index (χ2n) is 4.35. The Labute approximate surface area is 106 Å². The van der Waals surface area contributed by atoms with Crippen LogP contribution in [0.3, 0.4) is 0 Å². The molecule has 1 aliphatic rings. The third kappa shape index (κ3) is 2.84. The van der Waals surface area contributed by atoms with E-state index in [2.05, 4.69) is 15.6 Å². The van der Waals surface area contributed by atoms with Gasteiger partial charge in [0.25, 0.3) is 5.91 Å². The van der Waals surface area contributed by atoms with E-state index in [1.165, 1.54) is 0 Å². The van der Waals surface area contributed by atoms with Gasteiger partial charge in [0, 0.05) is 12.5 Å². The van der Waals surface area contributed by atoms with Crippen molar-refractivity contribution in [3.05, 3.63) is 15.6 Å². The van der Waals surface area contributed by atoms with E-state index in [0.717, 1.165) is 41.5 Å². The van der Waals surface area contributed by atoms with Gasteiger partial charge in [-0.05, 0) is 39.8 Å². The lowest BCUT2D eigenvalue weighted by atomic mass is 9.99. The van der Waals surface area contributed by atoms with Crippen molar-refractivity contribution in [1.82, 2.24) is 15.6 Å². The van der Waals surface area contributed by atoms with Crippen LogP contribution >= 0.6 is 11.3 Å². The Balaban J connectivity index is 2.14. The SMILES string of the molecule is CCNC(=O)c1sc(C2CCNCC2)nc1C. The van der Waals surface area contributed by atoms with Gasteiger partial charge >= 0.3 is 0 Å². The van der Waals surface area contributed by atoms with Gasteiger partial charge in [0.05, 0.1) is 10.7 Å². The summed E-state index contributed by atoms with van der Waals surface area (Å²) in [5, 5.41) is 7.31. The molecule has 2 heterocycles. The topological polar surface area (TPSA) is 54.0 Å². The van der Waals surface area contributed by atoms with Gasteiger partial charge in [0.15, 0.2) is 0 Å². The summed E-state index contributed by atoms with van der Waals surface area (Å²) in [4.78, 5) is 17.2. The lowest BCUT2D eigenvalue weighted by Gasteiger charge is -2.20. The second-order valence-corrected chi connectivity index (χ2v) is 5.38. The Morgan fingerprint density at radius 2 is 2.24 bits per heavy atom. The van der Waals surface area contributed by atoms with Crippen LogP contribution < -0.4 is 10.6 Å². The molecule has 0 spiro atoms. The number of amides is 1.